The summed E-state index contributed by atoms with van der Waals surface area (Å²) in [7, 11) is 0. The fourth-order valence-corrected chi connectivity index (χ4v) is 4.35. The van der Waals surface area contributed by atoms with E-state index in [9.17, 15) is 9.59 Å². The van der Waals surface area contributed by atoms with Crippen molar-refractivity contribution in [1.82, 2.24) is 9.58 Å². The molecule has 0 unspecified atom stereocenters. The first kappa shape index (κ1) is 20.1. The van der Waals surface area contributed by atoms with Gasteiger partial charge in [-0.1, -0.05) is 41.4 Å². The number of morpholine rings is 1. The van der Waals surface area contributed by atoms with Crippen LogP contribution in [0.5, 0.6) is 0 Å². The van der Waals surface area contributed by atoms with Crippen LogP contribution in [0.1, 0.15) is 15.9 Å². The van der Waals surface area contributed by atoms with Gasteiger partial charge in [-0.15, -0.1) is 0 Å². The predicted octanol–water partition coefficient (Wildman–Crippen LogP) is 4.02. The summed E-state index contributed by atoms with van der Waals surface area (Å²) >= 11 is 12.3. The Morgan fingerprint density at radius 3 is 2.39 bits per heavy atom. The van der Waals surface area contributed by atoms with Gasteiger partial charge < -0.3 is 15.1 Å². The van der Waals surface area contributed by atoms with Crippen LogP contribution in [-0.2, 0) is 11.3 Å². The number of ether oxygens (including phenoxy) is 1. The van der Waals surface area contributed by atoms with E-state index in [2.05, 4.69) is 5.43 Å². The summed E-state index contributed by atoms with van der Waals surface area (Å²) < 4.78 is 6.87. The van der Waals surface area contributed by atoms with E-state index in [4.69, 9.17) is 27.9 Å². The maximum atomic E-state index is 13.6. The first-order valence-electron chi connectivity index (χ1n) is 9.98. The minimum absolute atomic E-state index is 0.142. The van der Waals surface area contributed by atoms with Crippen molar-refractivity contribution < 1.29 is 9.53 Å². The normalized spacial score (nSPS) is 15.1. The number of benzene rings is 2. The second-order valence-electron chi connectivity index (χ2n) is 7.51. The first-order chi connectivity index (χ1) is 15.0. The Bertz CT molecular complexity index is 1230. The molecule has 1 fully saturated rings. The molecule has 3 heterocycles. The third-order valence-electron chi connectivity index (χ3n) is 5.64. The molecule has 5 rings (SSSR count). The van der Waals surface area contributed by atoms with Crippen LogP contribution in [-0.4, -0.2) is 41.8 Å². The molecule has 0 spiro atoms. The summed E-state index contributed by atoms with van der Waals surface area (Å²) in [5, 5.41) is 1.12. The molecule has 6 nitrogen and oxygen atoms in total. The van der Waals surface area contributed by atoms with E-state index in [1.165, 1.54) is 4.68 Å². The van der Waals surface area contributed by atoms with Crippen LogP contribution >= 0.6 is 23.2 Å². The summed E-state index contributed by atoms with van der Waals surface area (Å²) in [6.45, 7) is 2.44. The summed E-state index contributed by atoms with van der Waals surface area (Å²) in [4.78, 5) is 28.8. The molecule has 158 valence electrons. The van der Waals surface area contributed by atoms with Gasteiger partial charge in [-0.2, -0.15) is 0 Å². The van der Waals surface area contributed by atoms with Gasteiger partial charge in [-0.3, -0.25) is 9.59 Å². The summed E-state index contributed by atoms with van der Waals surface area (Å²) in [5.41, 5.74) is 6.78. The largest absolute Gasteiger partial charge is 0.378 e. The van der Waals surface area contributed by atoms with Crippen LogP contribution in [0.2, 0.25) is 10.0 Å². The van der Waals surface area contributed by atoms with Gasteiger partial charge in [0.15, 0.2) is 0 Å². The van der Waals surface area contributed by atoms with Crippen LogP contribution in [0.4, 0.5) is 0 Å². The molecule has 2 aromatic carbocycles. The Hall–Kier alpha value is -2.80. The number of fused-ring (bicyclic) bond motifs is 3. The topological polar surface area (TPSA) is 63.6 Å². The van der Waals surface area contributed by atoms with Crippen molar-refractivity contribution >= 4 is 29.1 Å². The van der Waals surface area contributed by atoms with E-state index < -0.39 is 0 Å². The number of carbonyl (C=O) groups excluding carboxylic acids is 1. The van der Waals surface area contributed by atoms with Crippen molar-refractivity contribution in [3.8, 4) is 22.4 Å². The van der Waals surface area contributed by atoms with Crippen LogP contribution in [0.3, 0.4) is 0 Å². The molecule has 0 radical (unpaired) electrons. The Morgan fingerprint density at radius 2 is 1.65 bits per heavy atom. The maximum Gasteiger partial charge on any atom is 0.277 e. The third-order valence-corrected chi connectivity index (χ3v) is 6.13. The van der Waals surface area contributed by atoms with Crippen LogP contribution in [0, 0.1) is 0 Å². The monoisotopic (exact) mass is 455 g/mol. The number of carbonyl (C=O) groups is 1. The Labute approximate surface area is 188 Å². The van der Waals surface area contributed by atoms with Crippen molar-refractivity contribution in [2.45, 2.75) is 6.54 Å². The molecule has 0 saturated carbocycles. The lowest BCUT2D eigenvalue weighted by Gasteiger charge is -2.30. The molecule has 0 aliphatic carbocycles. The average Bonchev–Trinajstić information content (AvgIpc) is 2.80. The lowest BCUT2D eigenvalue weighted by atomic mass is 9.95. The van der Waals surface area contributed by atoms with E-state index >= 15 is 0 Å². The smallest absolute Gasteiger partial charge is 0.277 e. The van der Waals surface area contributed by atoms with Crippen LogP contribution < -0.4 is 11.0 Å². The molecule has 1 N–H and O–H groups in total. The van der Waals surface area contributed by atoms with E-state index in [-0.39, 0.29) is 11.5 Å². The molecule has 1 amide bonds. The summed E-state index contributed by atoms with van der Waals surface area (Å²) in [6.07, 6.45) is 0. The molecular weight excluding hydrogens is 437 g/mol. The van der Waals surface area contributed by atoms with Crippen molar-refractivity contribution in [2.24, 2.45) is 0 Å². The molecule has 31 heavy (non-hydrogen) atoms. The van der Waals surface area contributed by atoms with E-state index in [1.54, 1.807) is 47.4 Å². The maximum absolute atomic E-state index is 13.6. The Kier molecular flexibility index (Phi) is 5.22. The zero-order valence-corrected chi connectivity index (χ0v) is 18.0. The number of pyridine rings is 1. The standard InChI is InChI=1S/C23H19Cl2N3O3/c24-16-4-1-14(2-5-16)19-12-20(22(29)27-7-9-31-10-8-27)21-18-11-17(25)6-3-15(18)13-26-28(21)23(19)30/h1-6,11-12,26H,7-10,13H2. The fraction of sp³-hybridized carbons (Fsp3) is 0.217. The fourth-order valence-electron chi connectivity index (χ4n) is 4.06. The van der Waals surface area contributed by atoms with Gasteiger partial charge in [0, 0.05) is 34.3 Å². The van der Waals surface area contributed by atoms with Crippen molar-refractivity contribution in [3.63, 3.8) is 0 Å². The number of amides is 1. The highest BCUT2D eigenvalue weighted by molar-refractivity contribution is 6.31. The molecular formula is C23H19Cl2N3O3. The summed E-state index contributed by atoms with van der Waals surface area (Å²) in [6, 6.07) is 14.2. The van der Waals surface area contributed by atoms with E-state index in [0.717, 1.165) is 11.1 Å². The number of hydrogen-bond donors (Lipinski definition) is 1. The second-order valence-corrected chi connectivity index (χ2v) is 8.38. The van der Waals surface area contributed by atoms with Gasteiger partial charge in [0.25, 0.3) is 11.5 Å². The zero-order valence-electron chi connectivity index (χ0n) is 16.5. The average molecular weight is 456 g/mol. The van der Waals surface area contributed by atoms with Crippen molar-refractivity contribution in [1.29, 1.82) is 0 Å². The third kappa shape index (κ3) is 3.61. The van der Waals surface area contributed by atoms with Crippen LogP contribution in [0.15, 0.2) is 53.3 Å². The number of hydrogen-bond acceptors (Lipinski definition) is 4. The highest BCUT2D eigenvalue weighted by Gasteiger charge is 2.29. The SMILES string of the molecule is O=C(c1cc(-c2ccc(Cl)cc2)c(=O)n2c1-c1cc(Cl)ccc1CN2)N1CCOCC1. The molecule has 1 aromatic heterocycles. The van der Waals surface area contributed by atoms with E-state index in [1.807, 2.05) is 6.07 Å². The number of halogens is 2. The molecule has 2 aliphatic rings. The van der Waals surface area contributed by atoms with Gasteiger partial charge >= 0.3 is 0 Å². The first-order valence-corrected chi connectivity index (χ1v) is 10.7. The molecule has 2 aliphatic heterocycles. The number of rotatable bonds is 2. The number of nitrogens with one attached hydrogen (secondary N) is 1. The highest BCUT2D eigenvalue weighted by atomic mass is 35.5. The van der Waals surface area contributed by atoms with Crippen molar-refractivity contribution in [2.75, 3.05) is 31.7 Å². The molecule has 3 aromatic rings. The van der Waals surface area contributed by atoms with Gasteiger partial charge in [0.05, 0.1) is 31.0 Å². The molecule has 0 bridgehead atoms. The number of nitrogens with zero attached hydrogens (tertiary/aromatic N) is 2. The lowest BCUT2D eigenvalue weighted by Crippen LogP contribution is -2.42. The van der Waals surface area contributed by atoms with Crippen LogP contribution in [0.25, 0.3) is 22.4 Å². The molecule has 8 heteroatoms. The minimum Gasteiger partial charge on any atom is -0.378 e. The van der Waals surface area contributed by atoms with Crippen molar-refractivity contribution in [3.05, 3.63) is 80.1 Å². The Balaban J connectivity index is 1.76. The molecule has 1 saturated heterocycles. The predicted molar refractivity (Wildman–Crippen MR) is 121 cm³/mol. The Morgan fingerprint density at radius 1 is 0.935 bits per heavy atom. The lowest BCUT2D eigenvalue weighted by molar-refractivity contribution is 0.0303. The van der Waals surface area contributed by atoms with Gasteiger partial charge in [-0.25, -0.2) is 4.68 Å². The summed E-state index contributed by atoms with van der Waals surface area (Å²) in [5.74, 6) is -0.142. The van der Waals surface area contributed by atoms with Gasteiger partial charge in [0.2, 0.25) is 0 Å². The minimum atomic E-state index is -0.235. The van der Waals surface area contributed by atoms with Gasteiger partial charge in [-0.05, 0) is 41.5 Å². The van der Waals surface area contributed by atoms with Gasteiger partial charge in [0.1, 0.15) is 0 Å². The highest BCUT2D eigenvalue weighted by Crippen LogP contribution is 2.34. The zero-order chi connectivity index (χ0) is 21.5. The quantitative estimate of drug-likeness (QED) is 0.633. The molecule has 0 atom stereocenters. The van der Waals surface area contributed by atoms with E-state index in [0.29, 0.717) is 65.3 Å². The second kappa shape index (κ2) is 8.04. The number of aromatic nitrogens is 1.